The van der Waals surface area contributed by atoms with E-state index >= 15 is 0 Å². The van der Waals surface area contributed by atoms with Crippen LogP contribution in [-0.2, 0) is 0 Å². The number of amides is 1. The largest absolute Gasteiger partial charge is 0.333 e. The molecule has 1 fully saturated rings. The van der Waals surface area contributed by atoms with Gasteiger partial charge in [0.15, 0.2) is 0 Å². The molecule has 2 aromatic rings. The number of nitrogens with zero attached hydrogens (tertiary/aromatic N) is 5. The van der Waals surface area contributed by atoms with E-state index in [0.717, 1.165) is 43.4 Å². The van der Waals surface area contributed by atoms with Crippen LogP contribution in [0.5, 0.6) is 0 Å². The fourth-order valence-corrected chi connectivity index (χ4v) is 3.08. The predicted molar refractivity (Wildman–Crippen MR) is 92.9 cm³/mol. The molecule has 9 heteroatoms. The summed E-state index contributed by atoms with van der Waals surface area (Å²) >= 11 is 3.34. The SMILES string of the molecule is CCCN(C(=O)c1nc2ncc(Br)cn2n1)C1CCNCC1.Cl. The lowest BCUT2D eigenvalue weighted by Crippen LogP contribution is -2.46. The van der Waals surface area contributed by atoms with Gasteiger partial charge >= 0.3 is 0 Å². The Kier molecular flexibility index (Phi) is 6.32. The van der Waals surface area contributed by atoms with Crippen molar-refractivity contribution in [1.82, 2.24) is 29.8 Å². The van der Waals surface area contributed by atoms with Crippen molar-refractivity contribution in [2.45, 2.75) is 32.2 Å². The first kappa shape index (κ1) is 18.1. The Hall–Kier alpha value is -1.25. The van der Waals surface area contributed by atoms with Gasteiger partial charge in [0.05, 0.1) is 4.47 Å². The summed E-state index contributed by atoms with van der Waals surface area (Å²) in [4.78, 5) is 23.2. The minimum absolute atomic E-state index is 0. The highest BCUT2D eigenvalue weighted by molar-refractivity contribution is 9.10. The first-order chi connectivity index (χ1) is 10.7. The topological polar surface area (TPSA) is 75.4 Å². The summed E-state index contributed by atoms with van der Waals surface area (Å²) in [5, 5.41) is 7.61. The number of hydrogen-bond donors (Lipinski definition) is 1. The maximum absolute atomic E-state index is 12.8. The predicted octanol–water partition coefficient (Wildman–Crippen LogP) is 1.91. The summed E-state index contributed by atoms with van der Waals surface area (Å²) in [5.41, 5.74) is 0. The molecule has 23 heavy (non-hydrogen) atoms. The number of aromatic nitrogens is 4. The van der Waals surface area contributed by atoms with E-state index in [2.05, 4.69) is 43.2 Å². The molecule has 0 aliphatic carbocycles. The van der Waals surface area contributed by atoms with Crippen molar-refractivity contribution in [2.75, 3.05) is 19.6 Å². The first-order valence-electron chi connectivity index (χ1n) is 7.58. The van der Waals surface area contributed by atoms with Gasteiger partial charge in [-0.1, -0.05) is 6.92 Å². The average molecular weight is 404 g/mol. The molecule has 0 bridgehead atoms. The van der Waals surface area contributed by atoms with E-state index < -0.39 is 0 Å². The van der Waals surface area contributed by atoms with Crippen molar-refractivity contribution in [3.05, 3.63) is 22.7 Å². The molecule has 0 aromatic carbocycles. The van der Waals surface area contributed by atoms with Crippen molar-refractivity contribution in [3.63, 3.8) is 0 Å². The summed E-state index contributed by atoms with van der Waals surface area (Å²) in [5.74, 6) is 0.557. The maximum atomic E-state index is 12.8. The quantitative estimate of drug-likeness (QED) is 0.844. The highest BCUT2D eigenvalue weighted by Crippen LogP contribution is 2.16. The number of fused-ring (bicyclic) bond motifs is 1. The van der Waals surface area contributed by atoms with Crippen molar-refractivity contribution >= 4 is 40.0 Å². The van der Waals surface area contributed by atoms with Crippen LogP contribution in [0.25, 0.3) is 5.78 Å². The van der Waals surface area contributed by atoms with Crippen molar-refractivity contribution in [3.8, 4) is 0 Å². The van der Waals surface area contributed by atoms with Gasteiger partial charge in [-0.2, -0.15) is 4.98 Å². The van der Waals surface area contributed by atoms with E-state index in [9.17, 15) is 4.79 Å². The smallest absolute Gasteiger partial charge is 0.293 e. The van der Waals surface area contributed by atoms with Crippen LogP contribution >= 0.6 is 28.3 Å². The Morgan fingerprint density at radius 3 is 2.91 bits per heavy atom. The molecule has 1 aliphatic rings. The second-order valence-electron chi connectivity index (χ2n) is 5.43. The molecule has 0 unspecified atom stereocenters. The van der Waals surface area contributed by atoms with Crippen molar-refractivity contribution in [2.24, 2.45) is 0 Å². The van der Waals surface area contributed by atoms with Crippen LogP contribution in [0.2, 0.25) is 0 Å². The van der Waals surface area contributed by atoms with E-state index in [1.54, 1.807) is 12.4 Å². The van der Waals surface area contributed by atoms with Gasteiger partial charge < -0.3 is 10.2 Å². The van der Waals surface area contributed by atoms with E-state index in [1.807, 2.05) is 4.90 Å². The molecular formula is C14H20BrClN6O. The van der Waals surface area contributed by atoms with E-state index in [1.165, 1.54) is 4.52 Å². The lowest BCUT2D eigenvalue weighted by atomic mass is 10.0. The molecule has 7 nitrogen and oxygen atoms in total. The van der Waals surface area contributed by atoms with Gasteiger partial charge in [-0.05, 0) is 48.3 Å². The summed E-state index contributed by atoms with van der Waals surface area (Å²) in [6.07, 6.45) is 6.27. The third kappa shape index (κ3) is 3.99. The summed E-state index contributed by atoms with van der Waals surface area (Å²) in [6, 6.07) is 0.264. The fourth-order valence-electron chi connectivity index (χ4n) is 2.79. The molecule has 1 aliphatic heterocycles. The summed E-state index contributed by atoms with van der Waals surface area (Å²) < 4.78 is 2.33. The first-order valence-corrected chi connectivity index (χ1v) is 8.38. The average Bonchev–Trinajstić information content (AvgIpc) is 2.96. The zero-order valence-electron chi connectivity index (χ0n) is 12.9. The number of rotatable bonds is 4. The van der Waals surface area contributed by atoms with Crippen molar-refractivity contribution < 1.29 is 4.79 Å². The van der Waals surface area contributed by atoms with Gasteiger partial charge in [-0.25, -0.2) is 9.50 Å². The molecule has 1 N–H and O–H groups in total. The Morgan fingerprint density at radius 2 is 2.22 bits per heavy atom. The molecule has 0 atom stereocenters. The van der Waals surface area contributed by atoms with Gasteiger partial charge in [0.1, 0.15) is 0 Å². The number of halogens is 2. The minimum atomic E-state index is -0.102. The molecule has 2 aromatic heterocycles. The van der Waals surface area contributed by atoms with Crippen LogP contribution < -0.4 is 5.32 Å². The second kappa shape index (κ2) is 8.03. The third-order valence-corrected chi connectivity index (χ3v) is 4.24. The van der Waals surface area contributed by atoms with Crippen LogP contribution in [-0.4, -0.2) is 56.1 Å². The summed E-state index contributed by atoms with van der Waals surface area (Å²) in [7, 11) is 0. The molecule has 3 rings (SSSR count). The molecule has 3 heterocycles. The Bertz CT molecular complexity index is 672. The maximum Gasteiger partial charge on any atom is 0.293 e. The molecule has 0 saturated carbocycles. The number of carbonyl (C=O) groups excluding carboxylic acids is 1. The van der Waals surface area contributed by atoms with Gasteiger partial charge in [-0.3, -0.25) is 4.79 Å². The van der Waals surface area contributed by atoms with Crippen LogP contribution in [0.1, 0.15) is 36.8 Å². The molecule has 126 valence electrons. The normalized spacial score (nSPS) is 15.4. The van der Waals surface area contributed by atoms with E-state index in [-0.39, 0.29) is 30.2 Å². The highest BCUT2D eigenvalue weighted by Gasteiger charge is 2.28. The van der Waals surface area contributed by atoms with Crippen LogP contribution in [0.15, 0.2) is 16.9 Å². The van der Waals surface area contributed by atoms with Gasteiger partial charge in [0.25, 0.3) is 11.7 Å². The van der Waals surface area contributed by atoms with Crippen LogP contribution in [0.4, 0.5) is 0 Å². The Balaban J connectivity index is 0.00000192. The Morgan fingerprint density at radius 1 is 1.48 bits per heavy atom. The lowest BCUT2D eigenvalue weighted by Gasteiger charge is -2.33. The lowest BCUT2D eigenvalue weighted by molar-refractivity contribution is 0.0630. The van der Waals surface area contributed by atoms with Gasteiger partial charge in [0, 0.05) is 25.0 Å². The zero-order chi connectivity index (χ0) is 15.5. The van der Waals surface area contributed by atoms with Crippen molar-refractivity contribution in [1.29, 1.82) is 0 Å². The van der Waals surface area contributed by atoms with Gasteiger partial charge in [0.2, 0.25) is 5.82 Å². The summed E-state index contributed by atoms with van der Waals surface area (Å²) in [6.45, 7) is 4.71. The molecule has 0 radical (unpaired) electrons. The number of carbonyl (C=O) groups is 1. The highest BCUT2D eigenvalue weighted by atomic mass is 79.9. The number of nitrogens with one attached hydrogen (secondary N) is 1. The van der Waals surface area contributed by atoms with Gasteiger partial charge in [-0.15, -0.1) is 17.5 Å². The Labute approximate surface area is 149 Å². The van der Waals surface area contributed by atoms with E-state index in [0.29, 0.717) is 5.78 Å². The molecular weight excluding hydrogens is 384 g/mol. The fraction of sp³-hybridized carbons (Fsp3) is 0.571. The van der Waals surface area contributed by atoms with Crippen LogP contribution in [0, 0.1) is 0 Å². The van der Waals surface area contributed by atoms with E-state index in [4.69, 9.17) is 0 Å². The zero-order valence-corrected chi connectivity index (χ0v) is 15.3. The monoisotopic (exact) mass is 402 g/mol. The molecule has 0 spiro atoms. The third-order valence-electron chi connectivity index (χ3n) is 3.83. The second-order valence-corrected chi connectivity index (χ2v) is 6.35. The molecule has 1 amide bonds. The standard InChI is InChI=1S/C14H19BrN6O.ClH/c1-2-7-20(11-3-5-16-6-4-11)13(22)12-18-14-17-8-10(15)9-21(14)19-12;/h8-9,11,16H,2-7H2,1H3;1H. The van der Waals surface area contributed by atoms with Crippen LogP contribution in [0.3, 0.4) is 0 Å². The minimum Gasteiger partial charge on any atom is -0.333 e. The molecule has 1 saturated heterocycles. The number of hydrogen-bond acceptors (Lipinski definition) is 5. The number of piperidine rings is 1.